The first kappa shape index (κ1) is 26.1. The Morgan fingerprint density at radius 2 is 1.31 bits per heavy atom. The van der Waals surface area contributed by atoms with Gasteiger partial charge in [0.25, 0.3) is 0 Å². The first-order valence-electron chi connectivity index (χ1n) is 11.9. The Morgan fingerprint density at radius 3 is 1.94 bits per heavy atom. The van der Waals surface area contributed by atoms with Crippen LogP contribution < -0.4 is 4.74 Å². The third-order valence-corrected chi connectivity index (χ3v) is 7.24. The molecule has 1 N–H and O–H groups in total. The zero-order valence-electron chi connectivity index (χ0n) is 19.3. The van der Waals surface area contributed by atoms with E-state index in [0.717, 1.165) is 68.2 Å². The lowest BCUT2D eigenvalue weighted by molar-refractivity contribution is 0.273. The molecule has 0 atom stereocenters. The van der Waals surface area contributed by atoms with Gasteiger partial charge in [-0.3, -0.25) is 0 Å². The lowest BCUT2D eigenvalue weighted by Crippen LogP contribution is -2.06. The summed E-state index contributed by atoms with van der Waals surface area (Å²) in [7, 11) is -3.20. The van der Waals surface area contributed by atoms with E-state index in [2.05, 4.69) is 6.92 Å². The van der Waals surface area contributed by atoms with Gasteiger partial charge in [-0.05, 0) is 61.1 Å². The van der Waals surface area contributed by atoms with Crippen LogP contribution >= 0.6 is 0 Å². The van der Waals surface area contributed by atoms with Gasteiger partial charge >= 0.3 is 0 Å². The minimum Gasteiger partial charge on any atom is -0.494 e. The number of sulfone groups is 1. The summed E-state index contributed by atoms with van der Waals surface area (Å²) in [6.07, 6.45) is 13.1. The highest BCUT2D eigenvalue weighted by Gasteiger charge is 2.13. The largest absolute Gasteiger partial charge is 0.494 e. The highest BCUT2D eigenvalue weighted by molar-refractivity contribution is 7.91. The minimum atomic E-state index is -3.20. The molecule has 2 aromatic carbocycles. The second-order valence-corrected chi connectivity index (χ2v) is 10.3. The van der Waals surface area contributed by atoms with Crippen LogP contribution in [0.4, 0.5) is 0 Å². The van der Waals surface area contributed by atoms with Gasteiger partial charge in [0, 0.05) is 6.61 Å². The van der Waals surface area contributed by atoms with Gasteiger partial charge < -0.3 is 9.84 Å². The fourth-order valence-electron chi connectivity index (χ4n) is 3.42. The number of benzene rings is 2. The first-order chi connectivity index (χ1) is 15.5. The molecule has 0 radical (unpaired) electrons. The summed E-state index contributed by atoms with van der Waals surface area (Å²) in [6.45, 7) is 3.11. The predicted octanol–water partition coefficient (Wildman–Crippen LogP) is 6.53. The van der Waals surface area contributed by atoms with Gasteiger partial charge in [-0.15, -0.1) is 0 Å². The summed E-state index contributed by atoms with van der Waals surface area (Å²) in [6, 6.07) is 15.1. The first-order valence-corrected chi connectivity index (χ1v) is 13.5. The number of rotatable bonds is 16. The molecule has 0 spiro atoms. The zero-order valence-corrected chi connectivity index (χ0v) is 20.2. The molecular formula is C27H38O4S. The highest BCUT2D eigenvalue weighted by Crippen LogP contribution is 2.18. The summed E-state index contributed by atoms with van der Waals surface area (Å²) in [5.41, 5.74) is 2.03. The monoisotopic (exact) mass is 458 g/mol. The maximum absolute atomic E-state index is 12.5. The van der Waals surface area contributed by atoms with Gasteiger partial charge in [-0.25, -0.2) is 8.42 Å². The molecule has 2 aromatic rings. The molecule has 0 bridgehead atoms. The van der Waals surface area contributed by atoms with Crippen molar-refractivity contribution in [3.63, 3.8) is 0 Å². The summed E-state index contributed by atoms with van der Waals surface area (Å²) < 4.78 is 30.7. The quantitative estimate of drug-likeness (QED) is 0.229. The van der Waals surface area contributed by atoms with E-state index in [1.165, 1.54) is 6.42 Å². The van der Waals surface area contributed by atoms with Crippen LogP contribution in [0.5, 0.6) is 5.75 Å². The Morgan fingerprint density at radius 1 is 0.750 bits per heavy atom. The second-order valence-electron chi connectivity index (χ2n) is 8.19. The lowest BCUT2D eigenvalue weighted by Gasteiger charge is -2.06. The molecule has 0 saturated heterocycles. The fraction of sp³-hybridized carbons (Fsp3) is 0.481. The van der Waals surface area contributed by atoms with Crippen LogP contribution in [0.2, 0.25) is 0 Å². The number of aliphatic hydroxyl groups excluding tert-OH is 1. The molecule has 0 aromatic heterocycles. The highest BCUT2D eigenvalue weighted by atomic mass is 32.2. The van der Waals surface area contributed by atoms with Crippen LogP contribution in [0.1, 0.15) is 75.8 Å². The Labute approximate surface area is 194 Å². The topological polar surface area (TPSA) is 63.6 Å². The molecule has 0 saturated carbocycles. The van der Waals surface area contributed by atoms with Crippen molar-refractivity contribution in [2.45, 2.75) is 69.6 Å². The average molecular weight is 459 g/mol. The molecule has 0 aliphatic carbocycles. The van der Waals surface area contributed by atoms with Gasteiger partial charge in [-0.1, -0.05) is 75.4 Å². The van der Waals surface area contributed by atoms with Crippen LogP contribution in [-0.4, -0.2) is 32.5 Å². The average Bonchev–Trinajstić information content (AvgIpc) is 2.81. The number of hydrogen-bond donors (Lipinski definition) is 1. The van der Waals surface area contributed by atoms with Crippen molar-refractivity contribution in [3.8, 4) is 5.75 Å². The Hall–Kier alpha value is -2.11. The second kappa shape index (κ2) is 14.9. The maximum Gasteiger partial charge on any atom is 0.178 e. The molecule has 32 heavy (non-hydrogen) atoms. The van der Waals surface area contributed by atoms with Crippen molar-refractivity contribution in [2.24, 2.45) is 0 Å². The van der Waals surface area contributed by atoms with E-state index >= 15 is 0 Å². The molecule has 176 valence electrons. The van der Waals surface area contributed by atoms with Crippen molar-refractivity contribution in [1.82, 2.24) is 0 Å². The maximum atomic E-state index is 12.5. The van der Waals surface area contributed by atoms with Crippen LogP contribution in [0.25, 0.3) is 12.2 Å². The standard InChI is InChI=1S/C27H38O4S/c1-2-3-4-7-10-23-32(29,30)27-19-15-25(16-20-27)12-11-24-13-17-26(18-14-24)31-22-9-6-5-8-21-28/h11-20,28H,2-10,21-23H2,1H3/b12-11+. The number of hydrogen-bond acceptors (Lipinski definition) is 4. The Kier molecular flexibility index (Phi) is 12.1. The van der Waals surface area contributed by atoms with Crippen molar-refractivity contribution >= 4 is 22.0 Å². The normalized spacial score (nSPS) is 11.8. The van der Waals surface area contributed by atoms with Gasteiger partial charge in [0.05, 0.1) is 17.3 Å². The van der Waals surface area contributed by atoms with Crippen LogP contribution in [0.3, 0.4) is 0 Å². The molecule has 0 aliphatic heterocycles. The molecule has 4 nitrogen and oxygen atoms in total. The summed E-state index contributed by atoms with van der Waals surface area (Å²) >= 11 is 0. The number of unbranched alkanes of at least 4 members (excludes halogenated alkanes) is 7. The summed E-state index contributed by atoms with van der Waals surface area (Å²) in [5, 5.41) is 8.78. The van der Waals surface area contributed by atoms with E-state index in [0.29, 0.717) is 11.5 Å². The molecular weight excluding hydrogens is 420 g/mol. The van der Waals surface area contributed by atoms with E-state index in [1.807, 2.05) is 48.6 Å². The lowest BCUT2D eigenvalue weighted by atomic mass is 10.1. The van der Waals surface area contributed by atoms with Gasteiger partial charge in [-0.2, -0.15) is 0 Å². The number of aliphatic hydroxyl groups is 1. The predicted molar refractivity (Wildman–Crippen MR) is 134 cm³/mol. The third kappa shape index (κ3) is 10.0. The Bertz CT molecular complexity index is 884. The molecule has 0 aliphatic rings. The van der Waals surface area contributed by atoms with Crippen LogP contribution in [0.15, 0.2) is 53.4 Å². The molecule has 0 fully saturated rings. The van der Waals surface area contributed by atoms with Crippen LogP contribution in [-0.2, 0) is 9.84 Å². The van der Waals surface area contributed by atoms with Crippen molar-refractivity contribution in [1.29, 1.82) is 0 Å². The van der Waals surface area contributed by atoms with Gasteiger partial charge in [0.15, 0.2) is 9.84 Å². The molecule has 5 heteroatoms. The smallest absolute Gasteiger partial charge is 0.178 e. The molecule has 0 heterocycles. The third-order valence-electron chi connectivity index (χ3n) is 5.43. The summed E-state index contributed by atoms with van der Waals surface area (Å²) in [4.78, 5) is 0.406. The number of ether oxygens (including phenoxy) is 1. The van der Waals surface area contributed by atoms with Crippen molar-refractivity contribution in [3.05, 3.63) is 59.7 Å². The molecule has 0 amide bonds. The van der Waals surface area contributed by atoms with Gasteiger partial charge in [0.2, 0.25) is 0 Å². The van der Waals surface area contributed by atoms with E-state index in [9.17, 15) is 8.42 Å². The van der Waals surface area contributed by atoms with Crippen molar-refractivity contribution in [2.75, 3.05) is 19.0 Å². The fourth-order valence-corrected chi connectivity index (χ4v) is 4.80. The Balaban J connectivity index is 1.80. The van der Waals surface area contributed by atoms with Crippen LogP contribution in [0, 0.1) is 0 Å². The van der Waals surface area contributed by atoms with E-state index in [-0.39, 0.29) is 12.4 Å². The minimum absolute atomic E-state index is 0.225. The van der Waals surface area contributed by atoms with E-state index in [4.69, 9.17) is 9.84 Å². The zero-order chi connectivity index (χ0) is 23.1. The molecule has 0 unspecified atom stereocenters. The van der Waals surface area contributed by atoms with Crippen molar-refractivity contribution < 1.29 is 18.3 Å². The van der Waals surface area contributed by atoms with Gasteiger partial charge in [0.1, 0.15) is 5.75 Å². The van der Waals surface area contributed by atoms with E-state index in [1.54, 1.807) is 12.1 Å². The summed E-state index contributed by atoms with van der Waals surface area (Å²) in [5.74, 6) is 1.08. The van der Waals surface area contributed by atoms with E-state index < -0.39 is 9.84 Å². The SMILES string of the molecule is CCCCCCCS(=O)(=O)c1ccc(/C=C/c2ccc(OCCCCCCO)cc2)cc1. The molecule has 2 rings (SSSR count).